The SMILES string of the molecule is COC(=O)O[C@H]1[C@H](F)C(OC)O[C@@H]1COC(C)=O. The number of alkyl halides is 1. The molecule has 0 bridgehead atoms. The summed E-state index contributed by atoms with van der Waals surface area (Å²) in [6.45, 7) is 0.961. The molecular formula is C10H15FO7. The van der Waals surface area contributed by atoms with E-state index in [-0.39, 0.29) is 6.61 Å². The Hall–Kier alpha value is -1.41. The van der Waals surface area contributed by atoms with Gasteiger partial charge < -0.3 is 23.7 Å². The number of rotatable bonds is 4. The van der Waals surface area contributed by atoms with Gasteiger partial charge in [-0.3, -0.25) is 4.79 Å². The summed E-state index contributed by atoms with van der Waals surface area (Å²) in [5, 5.41) is 0. The van der Waals surface area contributed by atoms with Crippen molar-refractivity contribution in [2.75, 3.05) is 20.8 Å². The Morgan fingerprint density at radius 2 is 2.00 bits per heavy atom. The number of ether oxygens (including phenoxy) is 5. The lowest BCUT2D eigenvalue weighted by molar-refractivity contribution is -0.159. The largest absolute Gasteiger partial charge is 0.508 e. The average molecular weight is 266 g/mol. The topological polar surface area (TPSA) is 80.3 Å². The molecule has 0 N–H and O–H groups in total. The second kappa shape index (κ2) is 6.50. The highest BCUT2D eigenvalue weighted by Crippen LogP contribution is 2.27. The molecule has 0 saturated carbocycles. The van der Waals surface area contributed by atoms with Gasteiger partial charge in [0.2, 0.25) is 0 Å². The molecule has 1 unspecified atom stereocenters. The molecule has 0 aromatic carbocycles. The van der Waals surface area contributed by atoms with E-state index in [0.717, 1.165) is 7.11 Å². The molecule has 8 heteroatoms. The zero-order chi connectivity index (χ0) is 13.7. The van der Waals surface area contributed by atoms with Gasteiger partial charge in [0.1, 0.15) is 12.7 Å². The Kier molecular flexibility index (Phi) is 5.29. The van der Waals surface area contributed by atoms with Crippen molar-refractivity contribution < 1.29 is 37.7 Å². The van der Waals surface area contributed by atoms with Crippen LogP contribution in [0.4, 0.5) is 9.18 Å². The minimum atomic E-state index is -1.69. The molecule has 104 valence electrons. The molecule has 0 amide bonds. The summed E-state index contributed by atoms with van der Waals surface area (Å²) >= 11 is 0. The molecule has 1 saturated heterocycles. The highest BCUT2D eigenvalue weighted by Gasteiger charge is 2.48. The highest BCUT2D eigenvalue weighted by molar-refractivity contribution is 5.65. The number of hydrogen-bond donors (Lipinski definition) is 0. The molecule has 0 aromatic rings. The predicted molar refractivity (Wildman–Crippen MR) is 54.5 cm³/mol. The maximum Gasteiger partial charge on any atom is 0.508 e. The summed E-state index contributed by atoms with van der Waals surface area (Å²) in [5.74, 6) is -0.549. The quantitative estimate of drug-likeness (QED) is 0.682. The average Bonchev–Trinajstić information content (AvgIpc) is 2.63. The Bertz CT molecular complexity index is 309. The van der Waals surface area contributed by atoms with Crippen LogP contribution in [-0.4, -0.2) is 57.6 Å². The first kappa shape index (κ1) is 14.7. The van der Waals surface area contributed by atoms with E-state index in [9.17, 15) is 14.0 Å². The van der Waals surface area contributed by atoms with Crippen LogP contribution in [0.25, 0.3) is 0 Å². The fourth-order valence-corrected chi connectivity index (χ4v) is 1.50. The van der Waals surface area contributed by atoms with Crippen molar-refractivity contribution in [2.24, 2.45) is 0 Å². The van der Waals surface area contributed by atoms with Gasteiger partial charge in [-0.05, 0) is 0 Å². The third-order valence-corrected chi connectivity index (χ3v) is 2.33. The second-order valence-electron chi connectivity index (χ2n) is 3.56. The van der Waals surface area contributed by atoms with E-state index in [4.69, 9.17) is 18.9 Å². The maximum absolute atomic E-state index is 13.8. The number of carbonyl (C=O) groups excluding carboxylic acids is 2. The summed E-state index contributed by atoms with van der Waals surface area (Å²) in [4.78, 5) is 21.7. The Morgan fingerprint density at radius 3 is 2.50 bits per heavy atom. The van der Waals surface area contributed by atoms with Gasteiger partial charge in [-0.2, -0.15) is 0 Å². The van der Waals surface area contributed by atoms with E-state index < -0.39 is 36.8 Å². The first-order chi connectivity index (χ1) is 8.49. The molecule has 0 aliphatic carbocycles. The first-order valence-corrected chi connectivity index (χ1v) is 5.20. The van der Waals surface area contributed by atoms with Gasteiger partial charge in [0.25, 0.3) is 0 Å². The van der Waals surface area contributed by atoms with Crippen LogP contribution in [0.3, 0.4) is 0 Å². The molecule has 0 spiro atoms. The van der Waals surface area contributed by atoms with Crippen molar-refractivity contribution in [3.05, 3.63) is 0 Å². The van der Waals surface area contributed by atoms with E-state index in [1.165, 1.54) is 14.0 Å². The summed E-state index contributed by atoms with van der Waals surface area (Å²) in [6, 6.07) is 0. The Labute approximate surface area is 103 Å². The lowest BCUT2D eigenvalue weighted by Crippen LogP contribution is -2.37. The van der Waals surface area contributed by atoms with Crippen LogP contribution in [0, 0.1) is 0 Å². The number of esters is 1. The van der Waals surface area contributed by atoms with Gasteiger partial charge >= 0.3 is 12.1 Å². The molecule has 1 heterocycles. The maximum atomic E-state index is 13.8. The summed E-state index contributed by atoms with van der Waals surface area (Å²) < 4.78 is 37.3. The minimum Gasteiger partial charge on any atom is -0.463 e. The van der Waals surface area contributed by atoms with Crippen molar-refractivity contribution in [1.29, 1.82) is 0 Å². The van der Waals surface area contributed by atoms with E-state index in [2.05, 4.69) is 4.74 Å². The summed E-state index contributed by atoms with van der Waals surface area (Å²) in [5.41, 5.74) is 0. The lowest BCUT2D eigenvalue weighted by atomic mass is 10.1. The second-order valence-corrected chi connectivity index (χ2v) is 3.56. The van der Waals surface area contributed by atoms with E-state index in [1.54, 1.807) is 0 Å². The molecule has 4 atom stereocenters. The standard InChI is InChI=1S/C10H15FO7/c1-5(12)16-4-6-8(18-10(13)15-3)7(11)9(14-2)17-6/h6-9H,4H2,1-3H3/t6-,7+,8-,9?/m1/s1. The number of carbonyl (C=O) groups is 2. The number of hydrogen-bond acceptors (Lipinski definition) is 7. The highest BCUT2D eigenvalue weighted by atomic mass is 19.1. The Balaban J connectivity index is 2.65. The van der Waals surface area contributed by atoms with Gasteiger partial charge in [0.15, 0.2) is 18.6 Å². The van der Waals surface area contributed by atoms with Gasteiger partial charge in [0.05, 0.1) is 7.11 Å². The number of methoxy groups -OCH3 is 2. The van der Waals surface area contributed by atoms with Gasteiger partial charge in [0, 0.05) is 14.0 Å². The van der Waals surface area contributed by atoms with Gasteiger partial charge in [-0.25, -0.2) is 9.18 Å². The zero-order valence-electron chi connectivity index (χ0n) is 10.3. The van der Waals surface area contributed by atoms with Crippen LogP contribution in [-0.2, 0) is 28.5 Å². The third kappa shape index (κ3) is 3.54. The number of halogens is 1. The molecular weight excluding hydrogens is 251 g/mol. The Morgan fingerprint density at radius 1 is 1.33 bits per heavy atom. The van der Waals surface area contributed by atoms with Crippen LogP contribution in [0.15, 0.2) is 0 Å². The van der Waals surface area contributed by atoms with Gasteiger partial charge in [-0.1, -0.05) is 0 Å². The van der Waals surface area contributed by atoms with Crippen molar-refractivity contribution in [2.45, 2.75) is 31.6 Å². The van der Waals surface area contributed by atoms with Crippen LogP contribution in [0.5, 0.6) is 0 Å². The van der Waals surface area contributed by atoms with Gasteiger partial charge in [-0.15, -0.1) is 0 Å². The van der Waals surface area contributed by atoms with Crippen LogP contribution in [0.2, 0.25) is 0 Å². The van der Waals surface area contributed by atoms with Crippen LogP contribution >= 0.6 is 0 Å². The smallest absolute Gasteiger partial charge is 0.463 e. The predicted octanol–water partition coefficient (Wildman–Crippen LogP) is 0.410. The molecule has 7 nitrogen and oxygen atoms in total. The van der Waals surface area contributed by atoms with Crippen molar-refractivity contribution in [1.82, 2.24) is 0 Å². The third-order valence-electron chi connectivity index (χ3n) is 2.33. The van der Waals surface area contributed by atoms with E-state index in [1.807, 2.05) is 0 Å². The fraction of sp³-hybridized carbons (Fsp3) is 0.800. The molecule has 0 radical (unpaired) electrons. The molecule has 1 aliphatic rings. The summed E-state index contributed by atoms with van der Waals surface area (Å²) in [7, 11) is 2.35. The molecule has 1 aliphatic heterocycles. The van der Waals surface area contributed by atoms with Crippen LogP contribution < -0.4 is 0 Å². The monoisotopic (exact) mass is 266 g/mol. The lowest BCUT2D eigenvalue weighted by Gasteiger charge is -2.18. The van der Waals surface area contributed by atoms with Crippen molar-refractivity contribution in [3.8, 4) is 0 Å². The van der Waals surface area contributed by atoms with E-state index >= 15 is 0 Å². The van der Waals surface area contributed by atoms with E-state index in [0.29, 0.717) is 0 Å². The zero-order valence-corrected chi connectivity index (χ0v) is 10.3. The molecule has 0 aromatic heterocycles. The van der Waals surface area contributed by atoms with Crippen LogP contribution in [0.1, 0.15) is 6.92 Å². The molecule has 1 fully saturated rings. The normalized spacial score (nSPS) is 30.9. The molecule has 1 rings (SSSR count). The minimum absolute atomic E-state index is 0.239. The van der Waals surface area contributed by atoms with Crippen molar-refractivity contribution >= 4 is 12.1 Å². The van der Waals surface area contributed by atoms with Crippen molar-refractivity contribution in [3.63, 3.8) is 0 Å². The summed E-state index contributed by atoms with van der Waals surface area (Å²) in [6.07, 6.45) is -6.10. The first-order valence-electron chi connectivity index (χ1n) is 5.20. The fourth-order valence-electron chi connectivity index (χ4n) is 1.50. The molecule has 18 heavy (non-hydrogen) atoms.